The normalized spacial score (nSPS) is 17.1. The number of amides is 2. The molecule has 1 aromatic heterocycles. The van der Waals surface area contributed by atoms with Crippen molar-refractivity contribution < 1.29 is 37.0 Å². The highest BCUT2D eigenvalue weighted by atomic mass is 19.3. The number of methoxy groups -OCH3 is 1. The second kappa shape index (κ2) is 11.1. The number of hydrogen-bond donors (Lipinski definition) is 2. The number of aromatic nitrogens is 1. The van der Waals surface area contributed by atoms with E-state index in [2.05, 4.69) is 19.8 Å². The van der Waals surface area contributed by atoms with E-state index in [1.54, 1.807) is 11.8 Å². The van der Waals surface area contributed by atoms with Gasteiger partial charge in [-0.1, -0.05) is 0 Å². The van der Waals surface area contributed by atoms with E-state index in [-0.39, 0.29) is 40.8 Å². The molecule has 0 unspecified atom stereocenters. The topological polar surface area (TPSA) is 129 Å². The summed E-state index contributed by atoms with van der Waals surface area (Å²) in [4.78, 5) is 30.8. The summed E-state index contributed by atoms with van der Waals surface area (Å²) in [5.74, 6) is 0.458. The van der Waals surface area contributed by atoms with E-state index in [0.29, 0.717) is 44.0 Å². The zero-order valence-electron chi connectivity index (χ0n) is 20.2. The van der Waals surface area contributed by atoms with Crippen LogP contribution < -0.4 is 20.5 Å². The maximum atomic E-state index is 13.3. The first-order chi connectivity index (χ1) is 17.2. The maximum Gasteiger partial charge on any atom is 0.407 e. The summed E-state index contributed by atoms with van der Waals surface area (Å²) >= 11 is 0. The summed E-state index contributed by atoms with van der Waals surface area (Å²) in [6, 6.07) is 3.67. The number of carbonyl (C=O) groups excluding carboxylic acids is 2. The van der Waals surface area contributed by atoms with Crippen molar-refractivity contribution >= 4 is 12.0 Å². The summed E-state index contributed by atoms with van der Waals surface area (Å²) in [7, 11) is 1.30. The summed E-state index contributed by atoms with van der Waals surface area (Å²) < 4.78 is 46.5. The zero-order valence-corrected chi connectivity index (χ0v) is 20.2. The summed E-state index contributed by atoms with van der Waals surface area (Å²) in [5, 5.41) is 2.74. The number of nitrogens with zero attached hydrogens (tertiary/aromatic N) is 2. The number of halogens is 2. The molecule has 0 radical (unpaired) electrons. The number of rotatable bonds is 9. The lowest BCUT2D eigenvalue weighted by Crippen LogP contribution is -2.46. The Hall–Kier alpha value is -3.41. The number of ether oxygens (including phenoxy) is 3. The van der Waals surface area contributed by atoms with Gasteiger partial charge < -0.3 is 34.6 Å². The smallest absolute Gasteiger partial charge is 0.407 e. The number of benzene rings is 1. The van der Waals surface area contributed by atoms with E-state index in [0.717, 1.165) is 12.8 Å². The van der Waals surface area contributed by atoms with Crippen molar-refractivity contribution in [2.75, 3.05) is 26.8 Å². The molecule has 1 saturated carbocycles. The van der Waals surface area contributed by atoms with E-state index in [4.69, 9.17) is 14.9 Å². The third kappa shape index (κ3) is 6.23. The van der Waals surface area contributed by atoms with E-state index in [9.17, 15) is 18.4 Å². The van der Waals surface area contributed by atoms with Crippen LogP contribution in [0.3, 0.4) is 0 Å². The molecule has 12 heteroatoms. The minimum absolute atomic E-state index is 0.0897. The number of piperidine rings is 1. The summed E-state index contributed by atoms with van der Waals surface area (Å²) in [5.41, 5.74) is 6.59. The van der Waals surface area contributed by atoms with Crippen LogP contribution in [0.5, 0.6) is 11.5 Å². The van der Waals surface area contributed by atoms with Crippen molar-refractivity contribution in [3.63, 3.8) is 0 Å². The number of hydrogen-bond acceptors (Lipinski definition) is 8. The molecule has 2 aliphatic rings. The molecule has 2 heterocycles. The molecule has 3 N–H and O–H groups in total. The SMILES string of the molecule is COC(=O)NC1CCN(C(=O)c2nc(-c3ccc(OC(F)F)c(OCC4CC4)c3)oc2[C@H](C)N)CC1. The Morgan fingerprint density at radius 2 is 1.94 bits per heavy atom. The predicted octanol–water partition coefficient (Wildman–Crippen LogP) is 3.71. The molecule has 0 bridgehead atoms. The van der Waals surface area contributed by atoms with Gasteiger partial charge in [0, 0.05) is 24.7 Å². The molecule has 36 heavy (non-hydrogen) atoms. The van der Waals surface area contributed by atoms with Gasteiger partial charge in [-0.3, -0.25) is 4.79 Å². The van der Waals surface area contributed by atoms with Crippen molar-refractivity contribution in [1.82, 2.24) is 15.2 Å². The number of nitrogens with one attached hydrogen (secondary N) is 1. The fraction of sp³-hybridized carbons (Fsp3) is 0.542. The second-order valence-electron chi connectivity index (χ2n) is 9.02. The second-order valence-corrected chi connectivity index (χ2v) is 9.02. The molecular weight excluding hydrogens is 478 g/mol. The fourth-order valence-corrected chi connectivity index (χ4v) is 3.96. The lowest BCUT2D eigenvalue weighted by atomic mass is 10.0. The Labute approximate surface area is 207 Å². The molecule has 2 fully saturated rings. The van der Waals surface area contributed by atoms with Gasteiger partial charge in [-0.15, -0.1) is 0 Å². The van der Waals surface area contributed by atoms with Gasteiger partial charge in [0.15, 0.2) is 23.0 Å². The number of nitrogens with two attached hydrogens (primary N) is 1. The summed E-state index contributed by atoms with van der Waals surface area (Å²) in [6.45, 7) is -0.108. The Bertz CT molecular complexity index is 1080. The van der Waals surface area contributed by atoms with Gasteiger partial charge in [0.25, 0.3) is 5.91 Å². The fourth-order valence-electron chi connectivity index (χ4n) is 3.96. The van der Waals surface area contributed by atoms with E-state index in [1.807, 2.05) is 0 Å². The molecule has 1 aromatic carbocycles. The molecule has 2 aromatic rings. The van der Waals surface area contributed by atoms with Crippen molar-refractivity contribution in [2.45, 2.75) is 51.3 Å². The lowest BCUT2D eigenvalue weighted by molar-refractivity contribution is -0.0515. The quantitative estimate of drug-likeness (QED) is 0.525. The van der Waals surface area contributed by atoms with Crippen LogP contribution in [0.25, 0.3) is 11.5 Å². The van der Waals surface area contributed by atoms with Crippen molar-refractivity contribution in [3.05, 3.63) is 29.7 Å². The molecule has 10 nitrogen and oxygen atoms in total. The van der Waals surface area contributed by atoms with Crippen LogP contribution in [0, 0.1) is 5.92 Å². The third-order valence-corrected chi connectivity index (χ3v) is 6.14. The molecule has 1 atom stereocenters. The number of alkyl halides is 2. The van der Waals surface area contributed by atoms with Gasteiger partial charge >= 0.3 is 12.7 Å². The average Bonchev–Trinajstić information content (AvgIpc) is 3.58. The van der Waals surface area contributed by atoms with Crippen LogP contribution in [0.4, 0.5) is 13.6 Å². The molecular formula is C24H30F2N4O6. The summed E-state index contributed by atoms with van der Waals surface area (Å²) in [6.07, 6.45) is 2.68. The van der Waals surface area contributed by atoms with Crippen molar-refractivity contribution in [2.24, 2.45) is 11.7 Å². The Morgan fingerprint density at radius 3 is 2.56 bits per heavy atom. The standard InChI is InChI=1S/C24H30F2N4O6/c1-13(27)20-19(22(31)30-9-7-16(8-10-30)28-24(32)33-2)29-21(36-20)15-5-6-17(35-23(25)26)18(11-15)34-12-14-3-4-14/h5-6,11,13-14,16,23H,3-4,7-10,12,27H2,1-2H3,(H,28,32)/t13-/m0/s1. The van der Waals surface area contributed by atoms with E-state index < -0.39 is 18.7 Å². The van der Waals surface area contributed by atoms with Crippen LogP contribution in [0.15, 0.2) is 22.6 Å². The molecule has 196 valence electrons. The minimum atomic E-state index is -3.00. The van der Waals surface area contributed by atoms with Gasteiger partial charge in [0.1, 0.15) is 0 Å². The number of likely N-dealkylation sites (tertiary alicyclic amines) is 1. The lowest BCUT2D eigenvalue weighted by Gasteiger charge is -2.31. The molecule has 0 spiro atoms. The number of carbonyl (C=O) groups is 2. The third-order valence-electron chi connectivity index (χ3n) is 6.14. The molecule has 4 rings (SSSR count). The molecule has 1 aliphatic heterocycles. The zero-order chi connectivity index (χ0) is 25.8. The van der Waals surface area contributed by atoms with E-state index in [1.165, 1.54) is 25.3 Å². The van der Waals surface area contributed by atoms with Gasteiger partial charge in [0.2, 0.25) is 5.89 Å². The average molecular weight is 509 g/mol. The van der Waals surface area contributed by atoms with Gasteiger partial charge in [0.05, 0.1) is 19.8 Å². The highest BCUT2D eigenvalue weighted by Crippen LogP contribution is 2.37. The predicted molar refractivity (Wildman–Crippen MR) is 124 cm³/mol. The Kier molecular flexibility index (Phi) is 7.92. The number of alkyl carbamates (subject to hydrolysis) is 1. The monoisotopic (exact) mass is 508 g/mol. The van der Waals surface area contributed by atoms with Gasteiger partial charge in [-0.25, -0.2) is 9.78 Å². The molecule has 1 aliphatic carbocycles. The van der Waals surface area contributed by atoms with Gasteiger partial charge in [-0.2, -0.15) is 8.78 Å². The largest absolute Gasteiger partial charge is 0.489 e. The van der Waals surface area contributed by atoms with Gasteiger partial charge in [-0.05, 0) is 56.7 Å². The molecule has 2 amide bonds. The molecule has 1 saturated heterocycles. The maximum absolute atomic E-state index is 13.3. The van der Waals surface area contributed by atoms with Crippen LogP contribution in [0.1, 0.15) is 54.9 Å². The first-order valence-corrected chi connectivity index (χ1v) is 11.9. The van der Waals surface area contributed by atoms with E-state index >= 15 is 0 Å². The van der Waals surface area contributed by atoms with Crippen LogP contribution in [-0.4, -0.2) is 61.3 Å². The minimum Gasteiger partial charge on any atom is -0.489 e. The van der Waals surface area contributed by atoms with Crippen LogP contribution >= 0.6 is 0 Å². The number of oxazole rings is 1. The first kappa shape index (κ1) is 25.7. The van der Waals surface area contributed by atoms with Crippen LogP contribution in [0.2, 0.25) is 0 Å². The highest BCUT2D eigenvalue weighted by molar-refractivity contribution is 5.94. The Balaban J connectivity index is 1.54. The van der Waals surface area contributed by atoms with Crippen molar-refractivity contribution in [1.29, 1.82) is 0 Å². The first-order valence-electron chi connectivity index (χ1n) is 11.9. The Morgan fingerprint density at radius 1 is 1.22 bits per heavy atom. The van der Waals surface area contributed by atoms with Crippen LogP contribution in [-0.2, 0) is 4.74 Å². The van der Waals surface area contributed by atoms with Crippen molar-refractivity contribution in [3.8, 4) is 23.0 Å². The highest BCUT2D eigenvalue weighted by Gasteiger charge is 2.31.